The SMILES string of the molecule is CC1(C)[C@H](CC(=O)/C(=N\O[C@@H](COc2ccc(-c3cnc(CCCN)[n+](CC4CNC4)c3)cc2)C(=O)O)c2csc(N)n2)C(=O)N1OS(=O)(=O)O. The van der Waals surface area contributed by atoms with E-state index in [2.05, 4.69) is 30.5 Å². The van der Waals surface area contributed by atoms with Crippen LogP contribution in [0.4, 0.5) is 5.13 Å². The number of nitrogens with two attached hydrogens (primary N) is 2. The predicted octanol–water partition coefficient (Wildman–Crippen LogP) is 0.369. The molecule has 0 unspecified atom stereocenters. The molecule has 0 saturated carbocycles. The number of carboxylic acids is 1. The summed E-state index contributed by atoms with van der Waals surface area (Å²) in [6.45, 7) is 5.71. The van der Waals surface area contributed by atoms with Crippen LogP contribution in [0.15, 0.2) is 47.2 Å². The lowest BCUT2D eigenvalue weighted by atomic mass is 9.74. The number of Topliss-reactive ketones (excluding diaryl/α,β-unsaturated/α-hetero) is 1. The van der Waals surface area contributed by atoms with Gasteiger partial charge in [-0.25, -0.2) is 14.3 Å². The maximum absolute atomic E-state index is 13.4. The molecule has 3 aromatic rings. The number of aryl methyl sites for hydroxylation is 1. The van der Waals surface area contributed by atoms with Gasteiger partial charge in [-0.15, -0.1) is 15.6 Å². The zero-order chi connectivity index (χ0) is 36.9. The van der Waals surface area contributed by atoms with Gasteiger partial charge in [-0.1, -0.05) is 22.3 Å². The fourth-order valence-electron chi connectivity index (χ4n) is 5.49. The highest BCUT2D eigenvalue weighted by molar-refractivity contribution is 7.80. The molecule has 2 saturated heterocycles. The van der Waals surface area contributed by atoms with Crippen molar-refractivity contribution in [3.8, 4) is 16.9 Å². The number of oxime groups is 1. The zero-order valence-corrected chi connectivity index (χ0v) is 29.4. The lowest BCUT2D eigenvalue weighted by molar-refractivity contribution is -0.713. The Morgan fingerprint density at radius 2 is 1.96 bits per heavy atom. The molecule has 51 heavy (non-hydrogen) atoms. The van der Waals surface area contributed by atoms with Crippen LogP contribution in [0.2, 0.25) is 0 Å². The highest BCUT2D eigenvalue weighted by Gasteiger charge is 2.57. The number of rotatable bonds is 18. The summed E-state index contributed by atoms with van der Waals surface area (Å²) in [7, 11) is -4.99. The predicted molar refractivity (Wildman–Crippen MR) is 181 cm³/mol. The highest BCUT2D eigenvalue weighted by atomic mass is 32.3. The van der Waals surface area contributed by atoms with Gasteiger partial charge in [-0.3, -0.25) is 14.1 Å². The topological polar surface area (TPSA) is 263 Å². The number of ketones is 1. The Bertz CT molecular complexity index is 1900. The number of carbonyl (C=O) groups excluding carboxylic acids is 2. The number of amides is 1. The molecule has 0 aliphatic carbocycles. The number of nitrogen functional groups attached to an aromatic ring is 1. The quantitative estimate of drug-likeness (QED) is 0.0387. The number of aromatic nitrogens is 3. The van der Waals surface area contributed by atoms with Gasteiger partial charge in [0, 0.05) is 30.8 Å². The van der Waals surface area contributed by atoms with E-state index in [-0.39, 0.29) is 10.8 Å². The number of aliphatic carboxylic acids is 1. The van der Waals surface area contributed by atoms with Crippen LogP contribution >= 0.6 is 11.3 Å². The molecule has 0 spiro atoms. The van der Waals surface area contributed by atoms with Crippen LogP contribution in [0.5, 0.6) is 5.75 Å². The molecule has 5 rings (SSSR count). The van der Waals surface area contributed by atoms with Gasteiger partial charge in [0.05, 0.1) is 30.0 Å². The molecule has 2 aliphatic rings. The van der Waals surface area contributed by atoms with Gasteiger partial charge >= 0.3 is 16.4 Å². The average molecular weight is 748 g/mol. The van der Waals surface area contributed by atoms with Gasteiger partial charge in [0.15, 0.2) is 22.8 Å². The molecule has 1 aromatic carbocycles. The van der Waals surface area contributed by atoms with E-state index in [9.17, 15) is 27.9 Å². The third-order valence-electron chi connectivity index (χ3n) is 8.50. The fourth-order valence-corrected chi connectivity index (χ4v) is 6.49. The zero-order valence-electron chi connectivity index (χ0n) is 27.8. The van der Waals surface area contributed by atoms with Gasteiger partial charge in [0.2, 0.25) is 0 Å². The summed E-state index contributed by atoms with van der Waals surface area (Å²) in [5.74, 6) is -2.31. The van der Waals surface area contributed by atoms with Gasteiger partial charge in [0.1, 0.15) is 24.2 Å². The van der Waals surface area contributed by atoms with Crippen molar-refractivity contribution in [1.82, 2.24) is 20.3 Å². The molecule has 0 bridgehead atoms. The van der Waals surface area contributed by atoms with Gasteiger partial charge in [-0.2, -0.15) is 13.5 Å². The van der Waals surface area contributed by atoms with Crippen molar-refractivity contribution in [2.45, 2.75) is 51.3 Å². The van der Waals surface area contributed by atoms with E-state index in [1.54, 1.807) is 12.1 Å². The number of thiazole rings is 1. The van der Waals surface area contributed by atoms with Gasteiger partial charge in [0.25, 0.3) is 17.8 Å². The van der Waals surface area contributed by atoms with E-state index in [4.69, 9.17) is 30.6 Å². The standard InChI is InChI=1S/C31H38N8O10S2/c1-31(2)22(28(41)39(31)49-51(44,45)46)10-24(40)27(23-17-50-30(33)36-23)37-48-25(29(42)43)16-47-21-7-5-19(6-8-21)20-13-35-26(4-3-9-32)38(15-20)14-18-11-34-12-18/h5-8,13,15,17-18,22,25,34H,3-4,9-12,14,16,32H2,1-2H3,(H3-,33,36,42,43,44,45,46)/p+1/b37-27-/t22-,25+/m1/s1. The van der Waals surface area contributed by atoms with Crippen molar-refractivity contribution in [3.63, 3.8) is 0 Å². The Labute approximate surface area is 297 Å². The van der Waals surface area contributed by atoms with E-state index < -0.39 is 64.4 Å². The fraction of sp³-hybridized carbons (Fsp3) is 0.452. The third kappa shape index (κ3) is 9.20. The third-order valence-corrected chi connectivity index (χ3v) is 9.51. The van der Waals surface area contributed by atoms with Crippen LogP contribution in [0.3, 0.4) is 0 Å². The van der Waals surface area contributed by atoms with E-state index >= 15 is 0 Å². The van der Waals surface area contributed by atoms with Gasteiger partial charge in [-0.05, 0) is 44.5 Å². The van der Waals surface area contributed by atoms with Crippen LogP contribution < -0.4 is 26.1 Å². The number of hydroxylamine groups is 2. The number of ether oxygens (including phenoxy) is 1. The Morgan fingerprint density at radius 3 is 2.53 bits per heavy atom. The van der Waals surface area contributed by atoms with E-state index in [1.807, 2.05) is 18.3 Å². The molecule has 0 radical (unpaired) electrons. The first kappa shape index (κ1) is 37.7. The van der Waals surface area contributed by atoms with Crippen molar-refractivity contribution in [2.24, 2.45) is 22.7 Å². The maximum atomic E-state index is 13.4. The Kier molecular flexibility index (Phi) is 11.6. The first-order valence-corrected chi connectivity index (χ1v) is 18.2. The van der Waals surface area contributed by atoms with Crippen LogP contribution in [0, 0.1) is 11.8 Å². The molecule has 20 heteroatoms. The maximum Gasteiger partial charge on any atom is 0.418 e. The summed E-state index contributed by atoms with van der Waals surface area (Å²) in [6.07, 6.45) is 3.33. The number of anilines is 1. The molecule has 4 heterocycles. The molecule has 2 fully saturated rings. The van der Waals surface area contributed by atoms with Crippen LogP contribution in [-0.4, -0.2) is 94.4 Å². The van der Waals surface area contributed by atoms with E-state index in [0.717, 1.165) is 60.8 Å². The van der Waals surface area contributed by atoms with Crippen molar-refractivity contribution >= 4 is 50.2 Å². The largest absolute Gasteiger partial charge is 0.489 e. The summed E-state index contributed by atoms with van der Waals surface area (Å²) in [6, 6.07) is 7.01. The number of hydrogen-bond acceptors (Lipinski definition) is 15. The lowest BCUT2D eigenvalue weighted by Crippen LogP contribution is -2.68. The van der Waals surface area contributed by atoms with Crippen molar-refractivity contribution < 1.29 is 50.9 Å². The van der Waals surface area contributed by atoms with Crippen LogP contribution in [0.1, 0.15) is 38.2 Å². The highest BCUT2D eigenvalue weighted by Crippen LogP contribution is 2.40. The number of β-lactam (4-membered cyclic amide) rings is 1. The second kappa shape index (κ2) is 15.7. The molecular formula is C31H39N8O10S2+. The summed E-state index contributed by atoms with van der Waals surface area (Å²) >= 11 is 0.989. The number of nitrogens with one attached hydrogen (secondary N) is 1. The molecular weight excluding hydrogens is 709 g/mol. The van der Waals surface area contributed by atoms with Crippen molar-refractivity contribution in [3.05, 3.63) is 53.6 Å². The summed E-state index contributed by atoms with van der Waals surface area (Å²) in [5, 5.41) is 18.9. The number of hydrogen-bond donors (Lipinski definition) is 5. The van der Waals surface area contributed by atoms with E-state index in [1.165, 1.54) is 19.2 Å². The molecule has 7 N–H and O–H groups in total. The molecule has 1 amide bonds. The summed E-state index contributed by atoms with van der Waals surface area (Å²) in [5.41, 5.74) is 11.5. The second-order valence-corrected chi connectivity index (χ2v) is 14.5. The van der Waals surface area contributed by atoms with Crippen LogP contribution in [0.25, 0.3) is 11.1 Å². The first-order valence-electron chi connectivity index (χ1n) is 15.9. The van der Waals surface area contributed by atoms with Crippen LogP contribution in [-0.2, 0) is 46.9 Å². The monoisotopic (exact) mass is 747 g/mol. The summed E-state index contributed by atoms with van der Waals surface area (Å²) < 4.78 is 43.5. The Hall–Kier alpha value is -4.60. The lowest BCUT2D eigenvalue weighted by Gasteiger charge is -2.50. The normalized spacial score (nSPS) is 18.1. The first-order chi connectivity index (χ1) is 24.2. The summed E-state index contributed by atoms with van der Waals surface area (Å²) in [4.78, 5) is 52.1. The second-order valence-electron chi connectivity index (χ2n) is 12.6. The van der Waals surface area contributed by atoms with Crippen molar-refractivity contribution in [2.75, 3.05) is 32.0 Å². The Balaban J connectivity index is 1.25. The molecule has 274 valence electrons. The van der Waals surface area contributed by atoms with Gasteiger partial charge < -0.3 is 31.5 Å². The van der Waals surface area contributed by atoms with E-state index in [0.29, 0.717) is 23.3 Å². The molecule has 2 aromatic heterocycles. The number of carboxylic acid groups (broad SMARTS) is 1. The molecule has 2 aliphatic heterocycles. The smallest absolute Gasteiger partial charge is 0.418 e. The number of nitrogens with zero attached hydrogens (tertiary/aromatic N) is 5. The average Bonchev–Trinajstić information content (AvgIpc) is 3.49. The molecule has 2 atom stereocenters. The molecule has 18 nitrogen and oxygen atoms in total. The minimum absolute atomic E-state index is 0.0219. The minimum Gasteiger partial charge on any atom is -0.489 e. The minimum atomic E-state index is -4.99. The number of benzene rings is 1. The Morgan fingerprint density at radius 1 is 1.24 bits per heavy atom. The van der Waals surface area contributed by atoms with Crippen molar-refractivity contribution in [1.29, 1.82) is 0 Å². The number of carbonyl (C=O) groups is 3.